The van der Waals surface area contributed by atoms with Gasteiger partial charge in [0.1, 0.15) is 0 Å². The fourth-order valence-electron chi connectivity index (χ4n) is 6.77. The maximum absolute atomic E-state index is 9.75. The molecule has 0 amide bonds. The third kappa shape index (κ3) is 6.61. The molecule has 0 radical (unpaired) electrons. The van der Waals surface area contributed by atoms with Crippen molar-refractivity contribution in [2.24, 2.45) is 0 Å². The lowest BCUT2D eigenvalue weighted by Crippen LogP contribution is -2.31. The Morgan fingerprint density at radius 3 is 1.46 bits per heavy atom. The summed E-state index contributed by atoms with van der Waals surface area (Å²) < 4.78 is 11.4. The summed E-state index contributed by atoms with van der Waals surface area (Å²) in [4.78, 5) is 14.2. The van der Waals surface area contributed by atoms with Crippen molar-refractivity contribution < 1.29 is 19.7 Å². The molecular formula is C36H40Cl2N4O4. The second kappa shape index (κ2) is 14.7. The first-order chi connectivity index (χ1) is 22.4. The molecule has 46 heavy (non-hydrogen) atoms. The average Bonchev–Trinajstić information content (AvgIpc) is 3.74. The smallest absolute Gasteiger partial charge is 0.218 e. The number of hydrogen-bond donors (Lipinski definition) is 2. The Hall–Kier alpha value is -3.24. The summed E-state index contributed by atoms with van der Waals surface area (Å²) in [5.41, 5.74) is 6.44. The van der Waals surface area contributed by atoms with Gasteiger partial charge in [-0.2, -0.15) is 0 Å². The van der Waals surface area contributed by atoms with Crippen molar-refractivity contribution >= 4 is 23.2 Å². The summed E-state index contributed by atoms with van der Waals surface area (Å²) in [6, 6.07) is 20.0. The zero-order chi connectivity index (χ0) is 32.2. The molecule has 10 heteroatoms. The van der Waals surface area contributed by atoms with E-state index in [0.29, 0.717) is 46.3 Å². The molecule has 2 aliphatic heterocycles. The van der Waals surface area contributed by atoms with Crippen molar-refractivity contribution in [3.63, 3.8) is 0 Å². The van der Waals surface area contributed by atoms with E-state index in [2.05, 4.69) is 9.80 Å². The largest absolute Gasteiger partial charge is 0.481 e. The van der Waals surface area contributed by atoms with Gasteiger partial charge in [-0.1, -0.05) is 71.7 Å². The van der Waals surface area contributed by atoms with Crippen molar-refractivity contribution in [3.8, 4) is 45.4 Å². The Kier molecular flexibility index (Phi) is 10.4. The van der Waals surface area contributed by atoms with Gasteiger partial charge in [-0.05, 0) is 50.9 Å². The number of aliphatic hydroxyl groups excluding tert-OH is 2. The minimum absolute atomic E-state index is 0.152. The van der Waals surface area contributed by atoms with E-state index >= 15 is 0 Å². The molecule has 0 bridgehead atoms. The molecule has 4 aromatic rings. The van der Waals surface area contributed by atoms with Crippen molar-refractivity contribution in [1.29, 1.82) is 0 Å². The molecule has 4 heterocycles. The van der Waals surface area contributed by atoms with Gasteiger partial charge in [0, 0.05) is 58.6 Å². The van der Waals surface area contributed by atoms with E-state index in [4.69, 9.17) is 42.6 Å². The monoisotopic (exact) mass is 662 g/mol. The number of pyridine rings is 2. The standard InChI is InChI=1S/C36H40Cl2N4O4/c1-45-35-23(19-41-17-5-7-25(41)21-43)13-15-31(39-35)29-11-3-9-27(33(29)37)28-10-4-12-30(34(28)38)32-16-14-24(36(40-32)46-2)20-42-18-6-8-26(42)22-44/h3-4,9-16,25-26,43-44H,5-8,17-22H2,1-2H3/t25-,26-/m1/s1. The summed E-state index contributed by atoms with van der Waals surface area (Å²) in [7, 11) is 3.25. The average molecular weight is 664 g/mol. The molecule has 2 aromatic carbocycles. The SMILES string of the molecule is COc1nc(-c2cccc(-c3cccc(-c4ccc(CN5CCC[C@@H]5CO)c(OC)n4)c3Cl)c2Cl)ccc1CN1CCC[C@@H]1CO. The molecule has 2 aromatic heterocycles. The van der Waals surface area contributed by atoms with Crippen LogP contribution in [0.15, 0.2) is 60.7 Å². The normalized spacial score (nSPS) is 18.7. The van der Waals surface area contributed by atoms with Gasteiger partial charge in [0.15, 0.2) is 0 Å². The minimum Gasteiger partial charge on any atom is -0.481 e. The van der Waals surface area contributed by atoms with Crippen LogP contribution in [-0.4, -0.2) is 82.6 Å². The Labute approximate surface area is 280 Å². The first-order valence-electron chi connectivity index (χ1n) is 15.8. The number of likely N-dealkylation sites (tertiary alicyclic amines) is 2. The highest BCUT2D eigenvalue weighted by atomic mass is 35.5. The first-order valence-corrected chi connectivity index (χ1v) is 16.6. The van der Waals surface area contributed by atoms with Crippen molar-refractivity contribution in [1.82, 2.24) is 19.8 Å². The lowest BCUT2D eigenvalue weighted by molar-refractivity contribution is 0.152. The maximum Gasteiger partial charge on any atom is 0.218 e. The van der Waals surface area contributed by atoms with E-state index < -0.39 is 0 Å². The minimum atomic E-state index is 0.152. The van der Waals surface area contributed by atoms with Gasteiger partial charge in [0.05, 0.1) is 48.9 Å². The Morgan fingerprint density at radius 2 is 1.07 bits per heavy atom. The molecule has 2 N–H and O–H groups in total. The second-order valence-electron chi connectivity index (χ2n) is 12.0. The highest BCUT2D eigenvalue weighted by molar-refractivity contribution is 6.39. The molecule has 2 atom stereocenters. The van der Waals surface area contributed by atoms with Crippen LogP contribution >= 0.6 is 23.2 Å². The molecule has 2 saturated heterocycles. The number of ether oxygens (including phenoxy) is 2. The molecular weight excluding hydrogens is 623 g/mol. The molecule has 2 fully saturated rings. The van der Waals surface area contributed by atoms with E-state index in [9.17, 15) is 10.2 Å². The summed E-state index contributed by atoms with van der Waals surface area (Å²) >= 11 is 14.2. The number of halogens is 2. The molecule has 0 spiro atoms. The summed E-state index contributed by atoms with van der Waals surface area (Å²) in [5, 5.41) is 20.6. The topological polar surface area (TPSA) is 91.2 Å². The molecule has 0 aliphatic carbocycles. The van der Waals surface area contributed by atoms with Gasteiger partial charge >= 0.3 is 0 Å². The zero-order valence-electron chi connectivity index (χ0n) is 26.3. The van der Waals surface area contributed by atoms with Crippen LogP contribution in [0.25, 0.3) is 33.6 Å². The van der Waals surface area contributed by atoms with Gasteiger partial charge in [-0.25, -0.2) is 9.97 Å². The molecule has 0 unspecified atom stereocenters. The molecule has 2 aliphatic rings. The van der Waals surface area contributed by atoms with Gasteiger partial charge < -0.3 is 19.7 Å². The highest BCUT2D eigenvalue weighted by Gasteiger charge is 2.27. The van der Waals surface area contributed by atoms with Crippen LogP contribution in [0, 0.1) is 0 Å². The van der Waals surface area contributed by atoms with Crippen LogP contribution in [0.4, 0.5) is 0 Å². The summed E-state index contributed by atoms with van der Waals surface area (Å²) in [6.45, 7) is 3.52. The van der Waals surface area contributed by atoms with Gasteiger partial charge in [-0.3, -0.25) is 9.80 Å². The predicted octanol–water partition coefficient (Wildman–Crippen LogP) is 6.72. The first kappa shape index (κ1) is 32.7. The van der Waals surface area contributed by atoms with E-state index in [1.165, 1.54) is 0 Å². The summed E-state index contributed by atoms with van der Waals surface area (Å²) in [6.07, 6.45) is 4.14. The number of aromatic nitrogens is 2. The highest BCUT2D eigenvalue weighted by Crippen LogP contribution is 2.42. The van der Waals surface area contributed by atoms with E-state index in [0.717, 1.165) is 72.2 Å². The zero-order valence-corrected chi connectivity index (χ0v) is 27.8. The van der Waals surface area contributed by atoms with Crippen LogP contribution < -0.4 is 9.47 Å². The second-order valence-corrected chi connectivity index (χ2v) is 12.7. The number of methoxy groups -OCH3 is 2. The van der Waals surface area contributed by atoms with Crippen LogP contribution in [-0.2, 0) is 13.1 Å². The van der Waals surface area contributed by atoms with Crippen LogP contribution in [0.5, 0.6) is 11.8 Å². The van der Waals surface area contributed by atoms with Gasteiger partial charge in [0.25, 0.3) is 0 Å². The van der Waals surface area contributed by atoms with Crippen molar-refractivity contribution in [2.75, 3.05) is 40.5 Å². The van der Waals surface area contributed by atoms with Crippen LogP contribution in [0.1, 0.15) is 36.8 Å². The molecule has 242 valence electrons. The lowest BCUT2D eigenvalue weighted by atomic mass is 9.98. The number of nitrogens with zero attached hydrogens (tertiary/aromatic N) is 4. The van der Waals surface area contributed by atoms with Crippen LogP contribution in [0.2, 0.25) is 10.0 Å². The van der Waals surface area contributed by atoms with E-state index in [-0.39, 0.29) is 25.3 Å². The molecule has 6 rings (SSSR count). The number of aliphatic hydroxyl groups is 2. The quantitative estimate of drug-likeness (QED) is 0.183. The number of benzene rings is 2. The number of rotatable bonds is 11. The van der Waals surface area contributed by atoms with Crippen molar-refractivity contribution in [2.45, 2.75) is 50.9 Å². The van der Waals surface area contributed by atoms with Crippen LogP contribution in [0.3, 0.4) is 0 Å². The van der Waals surface area contributed by atoms with Crippen molar-refractivity contribution in [3.05, 3.63) is 81.8 Å². The summed E-state index contributed by atoms with van der Waals surface area (Å²) in [5.74, 6) is 1.09. The van der Waals surface area contributed by atoms with Gasteiger partial charge in [-0.15, -0.1) is 0 Å². The van der Waals surface area contributed by atoms with Gasteiger partial charge in [0.2, 0.25) is 11.8 Å². The molecule has 0 saturated carbocycles. The predicted molar refractivity (Wildman–Crippen MR) is 182 cm³/mol. The fraction of sp³-hybridized carbons (Fsp3) is 0.389. The Balaban J connectivity index is 1.29. The van der Waals surface area contributed by atoms with E-state index in [1.54, 1.807) is 14.2 Å². The maximum atomic E-state index is 9.75. The Bertz CT molecular complexity index is 1560. The molecule has 8 nitrogen and oxygen atoms in total. The van der Waals surface area contributed by atoms with E-state index in [1.807, 2.05) is 60.7 Å². The third-order valence-electron chi connectivity index (χ3n) is 9.27. The fourth-order valence-corrected chi connectivity index (χ4v) is 7.42. The lowest BCUT2D eigenvalue weighted by Gasteiger charge is -2.23. The number of hydrogen-bond acceptors (Lipinski definition) is 8. The Morgan fingerprint density at radius 1 is 0.652 bits per heavy atom. The third-order valence-corrected chi connectivity index (χ3v) is 10.1.